The predicted octanol–water partition coefficient (Wildman–Crippen LogP) is 1.42. The molecule has 3 aromatic rings. The van der Waals surface area contributed by atoms with Crippen LogP contribution >= 0.6 is 0 Å². The van der Waals surface area contributed by atoms with Gasteiger partial charge in [-0.1, -0.05) is 18.2 Å². The molecule has 5 nitrogen and oxygen atoms in total. The molecule has 0 amide bonds. The van der Waals surface area contributed by atoms with E-state index in [-0.39, 0.29) is 5.69 Å². The summed E-state index contributed by atoms with van der Waals surface area (Å²) in [6.45, 7) is 0. The highest BCUT2D eigenvalue weighted by Crippen LogP contribution is 2.27. The van der Waals surface area contributed by atoms with E-state index in [1.54, 1.807) is 14.2 Å². The molecule has 2 heterocycles. The van der Waals surface area contributed by atoms with Crippen molar-refractivity contribution in [2.24, 2.45) is 7.05 Å². The normalized spacial score (nSPS) is 11.2. The summed E-state index contributed by atoms with van der Waals surface area (Å²) in [5.41, 5.74) is 2.09. The lowest BCUT2D eigenvalue weighted by Gasteiger charge is -2.05. The second-order valence-electron chi connectivity index (χ2n) is 3.85. The van der Waals surface area contributed by atoms with Crippen LogP contribution in [0.2, 0.25) is 0 Å². The Balaban J connectivity index is 2.65. The maximum atomic E-state index is 11.7. The zero-order valence-electron chi connectivity index (χ0n) is 9.52. The van der Waals surface area contributed by atoms with Crippen molar-refractivity contribution in [2.45, 2.75) is 0 Å². The van der Waals surface area contributed by atoms with Crippen LogP contribution in [0.25, 0.3) is 21.9 Å². The zero-order chi connectivity index (χ0) is 12.0. The monoisotopic (exact) mass is 229 g/mol. The molecule has 0 aliphatic carbocycles. The fourth-order valence-electron chi connectivity index (χ4n) is 2.05. The fourth-order valence-corrected chi connectivity index (χ4v) is 2.05. The molecule has 1 aromatic carbocycles. The molecule has 0 atom stereocenters. The van der Waals surface area contributed by atoms with Gasteiger partial charge in [-0.15, -0.1) is 0 Å². The van der Waals surface area contributed by atoms with Crippen LogP contribution in [-0.2, 0) is 7.05 Å². The minimum atomic E-state index is -0.170. The van der Waals surface area contributed by atoms with E-state index in [9.17, 15) is 4.79 Å². The van der Waals surface area contributed by atoms with E-state index in [0.29, 0.717) is 11.4 Å². The molecule has 0 unspecified atom stereocenters. The van der Waals surface area contributed by atoms with Crippen LogP contribution in [-0.4, -0.2) is 21.6 Å². The average Bonchev–Trinajstić information content (AvgIpc) is 2.65. The maximum Gasteiger partial charge on any atom is 0.326 e. The molecule has 0 radical (unpaired) electrons. The summed E-state index contributed by atoms with van der Waals surface area (Å²) in [6, 6.07) is 7.64. The minimum Gasteiger partial charge on any atom is -0.479 e. The van der Waals surface area contributed by atoms with Gasteiger partial charge in [-0.05, 0) is 6.07 Å². The van der Waals surface area contributed by atoms with Gasteiger partial charge < -0.3 is 9.72 Å². The lowest BCUT2D eigenvalue weighted by atomic mass is 10.2. The smallest absolute Gasteiger partial charge is 0.326 e. The van der Waals surface area contributed by atoms with Crippen LogP contribution in [0.4, 0.5) is 0 Å². The Morgan fingerprint density at radius 2 is 2.12 bits per heavy atom. The van der Waals surface area contributed by atoms with Crippen LogP contribution in [0.1, 0.15) is 0 Å². The molecular weight excluding hydrogens is 218 g/mol. The van der Waals surface area contributed by atoms with Gasteiger partial charge in [-0.25, -0.2) is 9.78 Å². The molecule has 0 saturated carbocycles. The number of benzene rings is 1. The molecule has 0 aliphatic rings. The highest BCUT2D eigenvalue weighted by Gasteiger charge is 2.14. The van der Waals surface area contributed by atoms with E-state index in [0.717, 1.165) is 16.4 Å². The number of hydrogen-bond acceptors (Lipinski definition) is 3. The summed E-state index contributed by atoms with van der Waals surface area (Å²) < 4.78 is 6.75. The number of H-pyrrole nitrogens is 1. The number of fused-ring (bicyclic) bond motifs is 3. The first kappa shape index (κ1) is 9.89. The Bertz CT molecular complexity index is 770. The van der Waals surface area contributed by atoms with Crippen LogP contribution < -0.4 is 10.4 Å². The molecule has 0 bridgehead atoms. The number of hydrogen-bond donors (Lipinski definition) is 1. The molecule has 2 aromatic heterocycles. The highest BCUT2D eigenvalue weighted by atomic mass is 16.5. The molecule has 17 heavy (non-hydrogen) atoms. The molecule has 0 fully saturated rings. The summed E-state index contributed by atoms with van der Waals surface area (Å²) in [5, 5.41) is 0.918. The van der Waals surface area contributed by atoms with Gasteiger partial charge >= 0.3 is 5.69 Å². The second-order valence-corrected chi connectivity index (χ2v) is 3.85. The molecule has 0 spiro atoms. The zero-order valence-corrected chi connectivity index (χ0v) is 9.52. The van der Waals surface area contributed by atoms with E-state index in [4.69, 9.17) is 4.74 Å². The number of nitrogens with one attached hydrogen (secondary N) is 1. The number of pyridine rings is 1. The topological polar surface area (TPSA) is 59.9 Å². The molecule has 5 heteroatoms. The molecule has 1 N–H and O–H groups in total. The van der Waals surface area contributed by atoms with Crippen LogP contribution in [0.15, 0.2) is 29.1 Å². The first-order valence-electron chi connectivity index (χ1n) is 5.24. The standard InChI is InChI=1S/C12H11N3O2/c1-15-10-9(14-12(15)16)7-5-3-4-6-8(7)13-11(10)17-2/h3-6H,1-2H3,(H,14,16). The van der Waals surface area contributed by atoms with Crippen LogP contribution in [0.3, 0.4) is 0 Å². The molecule has 86 valence electrons. The van der Waals surface area contributed by atoms with Crippen molar-refractivity contribution >= 4 is 21.9 Å². The van der Waals surface area contributed by atoms with Gasteiger partial charge in [0.2, 0.25) is 5.88 Å². The van der Waals surface area contributed by atoms with Crippen molar-refractivity contribution in [1.29, 1.82) is 0 Å². The van der Waals surface area contributed by atoms with Gasteiger partial charge in [-0.2, -0.15) is 0 Å². The van der Waals surface area contributed by atoms with Crippen molar-refractivity contribution in [3.8, 4) is 5.88 Å². The number of nitrogens with zero attached hydrogens (tertiary/aromatic N) is 2. The Hall–Kier alpha value is -2.30. The van der Waals surface area contributed by atoms with Crippen LogP contribution in [0.5, 0.6) is 5.88 Å². The van der Waals surface area contributed by atoms with Crippen molar-refractivity contribution in [2.75, 3.05) is 7.11 Å². The summed E-state index contributed by atoms with van der Waals surface area (Å²) in [7, 11) is 3.24. The number of ether oxygens (including phenoxy) is 1. The fraction of sp³-hybridized carbons (Fsp3) is 0.167. The average molecular weight is 229 g/mol. The van der Waals surface area contributed by atoms with E-state index in [1.165, 1.54) is 4.57 Å². The first-order chi connectivity index (χ1) is 8.22. The van der Waals surface area contributed by atoms with Gasteiger partial charge in [0.05, 0.1) is 18.1 Å². The van der Waals surface area contributed by atoms with Gasteiger partial charge in [-0.3, -0.25) is 4.57 Å². The van der Waals surface area contributed by atoms with Gasteiger partial charge in [0.15, 0.2) is 0 Å². The number of aromatic nitrogens is 3. The number of methoxy groups -OCH3 is 1. The Kier molecular flexibility index (Phi) is 1.95. The lowest BCUT2D eigenvalue weighted by molar-refractivity contribution is 0.403. The number of aromatic amines is 1. The Labute approximate surface area is 96.7 Å². The van der Waals surface area contributed by atoms with E-state index >= 15 is 0 Å². The number of para-hydroxylation sites is 1. The summed E-state index contributed by atoms with van der Waals surface area (Å²) in [4.78, 5) is 18.9. The summed E-state index contributed by atoms with van der Waals surface area (Å²) in [6.07, 6.45) is 0. The number of aryl methyl sites for hydroxylation is 1. The lowest BCUT2D eigenvalue weighted by Crippen LogP contribution is -2.12. The van der Waals surface area contributed by atoms with Gasteiger partial charge in [0.1, 0.15) is 5.52 Å². The second kappa shape index (κ2) is 3.35. The minimum absolute atomic E-state index is 0.170. The van der Waals surface area contributed by atoms with E-state index in [2.05, 4.69) is 9.97 Å². The van der Waals surface area contributed by atoms with Crippen molar-refractivity contribution < 1.29 is 4.74 Å². The van der Waals surface area contributed by atoms with E-state index < -0.39 is 0 Å². The Morgan fingerprint density at radius 1 is 1.35 bits per heavy atom. The third-order valence-electron chi connectivity index (χ3n) is 2.90. The maximum absolute atomic E-state index is 11.7. The quantitative estimate of drug-likeness (QED) is 0.686. The number of imidazole rings is 1. The SMILES string of the molecule is COc1nc2ccccc2c2[nH]c(=O)n(C)c12. The van der Waals surface area contributed by atoms with Gasteiger partial charge in [0, 0.05) is 12.4 Å². The van der Waals surface area contributed by atoms with Crippen molar-refractivity contribution in [3.63, 3.8) is 0 Å². The summed E-state index contributed by atoms with van der Waals surface area (Å²) in [5.74, 6) is 0.458. The Morgan fingerprint density at radius 3 is 2.88 bits per heavy atom. The van der Waals surface area contributed by atoms with Crippen molar-refractivity contribution in [3.05, 3.63) is 34.7 Å². The number of rotatable bonds is 1. The third-order valence-corrected chi connectivity index (χ3v) is 2.90. The molecular formula is C12H11N3O2. The predicted molar refractivity (Wildman–Crippen MR) is 65.4 cm³/mol. The van der Waals surface area contributed by atoms with E-state index in [1.807, 2.05) is 24.3 Å². The van der Waals surface area contributed by atoms with Crippen LogP contribution in [0, 0.1) is 0 Å². The molecule has 0 saturated heterocycles. The van der Waals surface area contributed by atoms with Crippen molar-refractivity contribution in [1.82, 2.24) is 14.5 Å². The largest absolute Gasteiger partial charge is 0.479 e. The van der Waals surface area contributed by atoms with Gasteiger partial charge in [0.25, 0.3) is 0 Å². The summed E-state index contributed by atoms with van der Waals surface area (Å²) >= 11 is 0. The molecule has 3 rings (SSSR count). The first-order valence-corrected chi connectivity index (χ1v) is 5.24. The highest BCUT2D eigenvalue weighted by molar-refractivity contribution is 6.04. The third kappa shape index (κ3) is 1.25. The molecule has 0 aliphatic heterocycles.